The largest absolute Gasteiger partial charge is 0.497 e. The zero-order chi connectivity index (χ0) is 16.2. The highest BCUT2D eigenvalue weighted by Crippen LogP contribution is 2.18. The lowest BCUT2D eigenvalue weighted by molar-refractivity contribution is -0.146. The number of furan rings is 1. The molecule has 0 radical (unpaired) electrons. The number of carbonyl (C=O) groups excluding carboxylic acids is 2. The number of hydrogen-bond acceptors (Lipinski definition) is 4. The molecule has 1 aliphatic heterocycles. The molecule has 1 fully saturated rings. The minimum Gasteiger partial charge on any atom is -0.497 e. The maximum Gasteiger partial charge on any atom is 0.243 e. The SMILES string of the molecule is COc1ccc(C[C@@H]2C(=O)NCC(=O)N2Cc2ccco2)cc1. The number of benzene rings is 1. The topological polar surface area (TPSA) is 71.8 Å². The van der Waals surface area contributed by atoms with Crippen LogP contribution in [0.15, 0.2) is 47.1 Å². The number of piperazine rings is 1. The van der Waals surface area contributed by atoms with Crippen LogP contribution >= 0.6 is 0 Å². The molecule has 6 heteroatoms. The van der Waals surface area contributed by atoms with Crippen LogP contribution in [0.2, 0.25) is 0 Å². The lowest BCUT2D eigenvalue weighted by atomic mass is 10.0. The van der Waals surface area contributed by atoms with Gasteiger partial charge in [-0.2, -0.15) is 0 Å². The van der Waals surface area contributed by atoms with Gasteiger partial charge in [-0.1, -0.05) is 12.1 Å². The van der Waals surface area contributed by atoms with E-state index in [-0.39, 0.29) is 18.4 Å². The summed E-state index contributed by atoms with van der Waals surface area (Å²) >= 11 is 0. The van der Waals surface area contributed by atoms with Crippen LogP contribution in [0, 0.1) is 0 Å². The minimum absolute atomic E-state index is 0.0264. The first-order valence-electron chi connectivity index (χ1n) is 7.40. The van der Waals surface area contributed by atoms with Gasteiger partial charge in [-0.05, 0) is 29.8 Å². The summed E-state index contributed by atoms with van der Waals surface area (Å²) in [6, 6.07) is 10.5. The number of ether oxygens (including phenoxy) is 1. The molecule has 1 aromatic carbocycles. The third-order valence-corrected chi connectivity index (χ3v) is 3.91. The van der Waals surface area contributed by atoms with Crippen molar-refractivity contribution < 1.29 is 18.7 Å². The highest BCUT2D eigenvalue weighted by molar-refractivity contribution is 5.94. The van der Waals surface area contributed by atoms with Crippen LogP contribution in [0.5, 0.6) is 5.75 Å². The molecule has 1 atom stereocenters. The van der Waals surface area contributed by atoms with Crippen LogP contribution in [-0.4, -0.2) is 36.4 Å². The zero-order valence-corrected chi connectivity index (χ0v) is 12.8. The molecule has 0 unspecified atom stereocenters. The van der Waals surface area contributed by atoms with Gasteiger partial charge in [-0.3, -0.25) is 9.59 Å². The Kier molecular flexibility index (Phi) is 4.32. The lowest BCUT2D eigenvalue weighted by Gasteiger charge is -2.34. The summed E-state index contributed by atoms with van der Waals surface area (Å²) in [5.74, 6) is 1.16. The second-order valence-corrected chi connectivity index (χ2v) is 5.39. The minimum atomic E-state index is -0.547. The first-order chi connectivity index (χ1) is 11.2. The summed E-state index contributed by atoms with van der Waals surface area (Å²) in [4.78, 5) is 26.0. The van der Waals surface area contributed by atoms with Crippen molar-refractivity contribution in [3.63, 3.8) is 0 Å². The van der Waals surface area contributed by atoms with Gasteiger partial charge in [0.2, 0.25) is 11.8 Å². The number of nitrogens with zero attached hydrogens (tertiary/aromatic N) is 1. The fourth-order valence-electron chi connectivity index (χ4n) is 2.65. The van der Waals surface area contributed by atoms with Gasteiger partial charge >= 0.3 is 0 Å². The van der Waals surface area contributed by atoms with E-state index in [9.17, 15) is 9.59 Å². The smallest absolute Gasteiger partial charge is 0.243 e. The molecule has 120 valence electrons. The Morgan fingerprint density at radius 2 is 2.04 bits per heavy atom. The van der Waals surface area contributed by atoms with E-state index in [0.29, 0.717) is 18.7 Å². The van der Waals surface area contributed by atoms with Gasteiger partial charge in [0.25, 0.3) is 0 Å². The average molecular weight is 314 g/mol. The van der Waals surface area contributed by atoms with E-state index in [1.165, 1.54) is 0 Å². The van der Waals surface area contributed by atoms with Crippen molar-refractivity contribution in [3.8, 4) is 5.75 Å². The summed E-state index contributed by atoms with van der Waals surface area (Å²) in [5.41, 5.74) is 0.963. The van der Waals surface area contributed by atoms with Gasteiger partial charge in [-0.25, -0.2) is 0 Å². The van der Waals surface area contributed by atoms with Crippen LogP contribution < -0.4 is 10.1 Å². The summed E-state index contributed by atoms with van der Waals surface area (Å²) < 4.78 is 10.4. The maximum absolute atomic E-state index is 12.2. The molecule has 1 aliphatic rings. The first-order valence-corrected chi connectivity index (χ1v) is 7.40. The van der Waals surface area contributed by atoms with Crippen LogP contribution in [0.1, 0.15) is 11.3 Å². The van der Waals surface area contributed by atoms with Gasteiger partial charge in [0.05, 0.1) is 26.5 Å². The third kappa shape index (κ3) is 3.36. The number of rotatable bonds is 5. The van der Waals surface area contributed by atoms with E-state index in [1.807, 2.05) is 24.3 Å². The monoisotopic (exact) mass is 314 g/mol. The molecule has 1 N–H and O–H groups in total. The molecule has 0 saturated carbocycles. The van der Waals surface area contributed by atoms with Crippen molar-refractivity contribution in [1.82, 2.24) is 10.2 Å². The van der Waals surface area contributed by atoms with Crippen molar-refractivity contribution in [3.05, 3.63) is 54.0 Å². The number of methoxy groups -OCH3 is 1. The van der Waals surface area contributed by atoms with Crippen molar-refractivity contribution in [2.45, 2.75) is 19.0 Å². The second-order valence-electron chi connectivity index (χ2n) is 5.39. The highest BCUT2D eigenvalue weighted by Gasteiger charge is 2.34. The molecular weight excluding hydrogens is 296 g/mol. The van der Waals surface area contributed by atoms with E-state index in [0.717, 1.165) is 11.3 Å². The number of carbonyl (C=O) groups is 2. The third-order valence-electron chi connectivity index (χ3n) is 3.91. The van der Waals surface area contributed by atoms with Crippen molar-refractivity contribution in [1.29, 1.82) is 0 Å². The molecule has 0 spiro atoms. The first kappa shape index (κ1) is 15.1. The predicted octanol–water partition coefficient (Wildman–Crippen LogP) is 1.36. The van der Waals surface area contributed by atoms with E-state index in [1.54, 1.807) is 30.4 Å². The van der Waals surface area contributed by atoms with Crippen LogP contribution in [0.3, 0.4) is 0 Å². The van der Waals surface area contributed by atoms with Crippen LogP contribution in [0.25, 0.3) is 0 Å². The van der Waals surface area contributed by atoms with E-state index in [2.05, 4.69) is 5.32 Å². The lowest BCUT2D eigenvalue weighted by Crippen LogP contribution is -2.58. The maximum atomic E-state index is 12.2. The Hall–Kier alpha value is -2.76. The molecule has 0 bridgehead atoms. The van der Waals surface area contributed by atoms with E-state index in [4.69, 9.17) is 9.15 Å². The van der Waals surface area contributed by atoms with E-state index >= 15 is 0 Å². The molecule has 1 saturated heterocycles. The molecule has 6 nitrogen and oxygen atoms in total. The molecule has 0 aliphatic carbocycles. The molecule has 2 aromatic rings. The summed E-state index contributed by atoms with van der Waals surface area (Å²) in [7, 11) is 1.60. The van der Waals surface area contributed by atoms with E-state index < -0.39 is 6.04 Å². The Morgan fingerprint density at radius 1 is 1.26 bits per heavy atom. The Bertz CT molecular complexity index is 679. The quantitative estimate of drug-likeness (QED) is 0.904. The molecular formula is C17H18N2O4. The zero-order valence-electron chi connectivity index (χ0n) is 12.8. The summed E-state index contributed by atoms with van der Waals surface area (Å²) in [6.07, 6.45) is 2.00. The molecule has 2 amide bonds. The van der Waals surface area contributed by atoms with Gasteiger partial charge in [0, 0.05) is 6.42 Å². The fraction of sp³-hybridized carbons (Fsp3) is 0.294. The molecule has 2 heterocycles. The molecule has 23 heavy (non-hydrogen) atoms. The molecule has 1 aromatic heterocycles. The summed E-state index contributed by atoms with van der Waals surface area (Å²) in [6.45, 7) is 0.318. The Balaban J connectivity index is 1.79. The number of amides is 2. The average Bonchev–Trinajstić information content (AvgIpc) is 3.08. The summed E-state index contributed by atoms with van der Waals surface area (Å²) in [5, 5.41) is 2.65. The van der Waals surface area contributed by atoms with Crippen molar-refractivity contribution >= 4 is 11.8 Å². The second kappa shape index (κ2) is 6.56. The van der Waals surface area contributed by atoms with Gasteiger partial charge in [0.1, 0.15) is 17.6 Å². The van der Waals surface area contributed by atoms with Gasteiger partial charge in [0.15, 0.2) is 0 Å². The van der Waals surface area contributed by atoms with Crippen LogP contribution in [0.4, 0.5) is 0 Å². The van der Waals surface area contributed by atoms with Crippen molar-refractivity contribution in [2.75, 3.05) is 13.7 Å². The number of nitrogens with one attached hydrogen (secondary N) is 1. The fourth-order valence-corrected chi connectivity index (χ4v) is 2.65. The number of hydrogen-bond donors (Lipinski definition) is 1. The predicted molar refractivity (Wildman–Crippen MR) is 82.8 cm³/mol. The Morgan fingerprint density at radius 3 is 2.70 bits per heavy atom. The van der Waals surface area contributed by atoms with Crippen molar-refractivity contribution in [2.24, 2.45) is 0 Å². The normalized spacial score (nSPS) is 18.0. The van der Waals surface area contributed by atoms with Crippen LogP contribution in [-0.2, 0) is 22.6 Å². The Labute approximate surface area is 134 Å². The highest BCUT2D eigenvalue weighted by atomic mass is 16.5. The van der Waals surface area contributed by atoms with Gasteiger partial charge in [-0.15, -0.1) is 0 Å². The molecule has 3 rings (SSSR count). The van der Waals surface area contributed by atoms with Gasteiger partial charge < -0.3 is 19.4 Å². The standard InChI is InChI=1S/C17H18N2O4/c1-22-13-6-4-12(5-7-13)9-15-17(21)18-10-16(20)19(15)11-14-3-2-8-23-14/h2-8,15H,9-11H2,1H3,(H,18,21)/t15-/m1/s1.